The Hall–Kier alpha value is -1.40. The van der Waals surface area contributed by atoms with Gasteiger partial charge in [-0.3, -0.25) is 4.79 Å². The van der Waals surface area contributed by atoms with E-state index in [9.17, 15) is 13.2 Å². The number of nitrogens with zero attached hydrogens (tertiary/aromatic N) is 1. The van der Waals surface area contributed by atoms with Gasteiger partial charge in [0.1, 0.15) is 0 Å². The van der Waals surface area contributed by atoms with Crippen molar-refractivity contribution >= 4 is 21.6 Å². The first kappa shape index (κ1) is 16.5. The van der Waals surface area contributed by atoms with E-state index in [1.54, 1.807) is 22.5 Å². The Morgan fingerprint density at radius 2 is 1.87 bits per heavy atom. The quantitative estimate of drug-likeness (QED) is 0.899. The molecule has 1 atom stereocenters. The summed E-state index contributed by atoms with van der Waals surface area (Å²) in [5.41, 5.74) is 1.63. The third kappa shape index (κ3) is 3.15. The van der Waals surface area contributed by atoms with Crippen molar-refractivity contribution in [3.05, 3.63) is 23.8 Å². The molecule has 1 aliphatic carbocycles. The van der Waals surface area contributed by atoms with Gasteiger partial charge in [-0.05, 0) is 55.9 Å². The fourth-order valence-corrected chi connectivity index (χ4v) is 5.07. The molecule has 23 heavy (non-hydrogen) atoms. The smallest absolute Gasteiger partial charge is 0.243 e. The van der Waals surface area contributed by atoms with E-state index >= 15 is 0 Å². The number of benzene rings is 1. The second-order valence-corrected chi connectivity index (χ2v) is 8.76. The van der Waals surface area contributed by atoms with Crippen LogP contribution in [0.3, 0.4) is 0 Å². The zero-order chi connectivity index (χ0) is 16.8. The van der Waals surface area contributed by atoms with Crippen LogP contribution in [0.4, 0.5) is 5.69 Å². The molecule has 0 radical (unpaired) electrons. The van der Waals surface area contributed by atoms with Crippen LogP contribution < -0.4 is 5.32 Å². The van der Waals surface area contributed by atoms with E-state index in [0.717, 1.165) is 24.1 Å². The summed E-state index contributed by atoms with van der Waals surface area (Å²) in [6, 6.07) is 5.16. The lowest BCUT2D eigenvalue weighted by Crippen LogP contribution is -2.43. The van der Waals surface area contributed by atoms with Crippen LogP contribution in [-0.4, -0.2) is 30.7 Å². The molecule has 1 heterocycles. The minimum atomic E-state index is -3.51. The largest absolute Gasteiger partial charge is 0.326 e. The molecule has 2 aliphatic rings. The van der Waals surface area contributed by atoms with Crippen molar-refractivity contribution in [2.75, 3.05) is 5.32 Å². The summed E-state index contributed by atoms with van der Waals surface area (Å²) in [6.45, 7) is 6.09. The molecule has 5 nitrogen and oxygen atoms in total. The highest BCUT2D eigenvalue weighted by molar-refractivity contribution is 7.89. The second-order valence-electron chi connectivity index (χ2n) is 6.92. The summed E-state index contributed by atoms with van der Waals surface area (Å²) in [5, 5.41) is 2.80. The molecule has 1 aromatic rings. The monoisotopic (exact) mass is 336 g/mol. The van der Waals surface area contributed by atoms with Crippen molar-refractivity contribution in [1.29, 1.82) is 0 Å². The standard InChI is InChI=1S/C17H24N2O3S/c1-11(2)12(3)19(14-5-6-14)23(21,22)15-7-8-16-13(10-15)4-9-17(20)18-16/h7-8,10-12,14H,4-6,9H2,1-3H3,(H,18,20). The number of anilines is 1. The highest BCUT2D eigenvalue weighted by Crippen LogP contribution is 2.36. The van der Waals surface area contributed by atoms with Crippen molar-refractivity contribution in [3.63, 3.8) is 0 Å². The number of sulfonamides is 1. The van der Waals surface area contributed by atoms with Gasteiger partial charge in [-0.1, -0.05) is 13.8 Å². The molecule has 3 rings (SSSR count). The molecule has 0 bridgehead atoms. The minimum Gasteiger partial charge on any atom is -0.326 e. The highest BCUT2D eigenvalue weighted by atomic mass is 32.2. The molecule has 0 aromatic heterocycles. The van der Waals surface area contributed by atoms with Crippen LogP contribution in [0.2, 0.25) is 0 Å². The highest BCUT2D eigenvalue weighted by Gasteiger charge is 2.42. The van der Waals surface area contributed by atoms with Crippen LogP contribution in [-0.2, 0) is 21.2 Å². The number of aryl methyl sites for hydroxylation is 1. The van der Waals surface area contributed by atoms with Crippen LogP contribution in [0.5, 0.6) is 0 Å². The molecule has 1 fully saturated rings. The Bertz CT molecular complexity index is 723. The van der Waals surface area contributed by atoms with Gasteiger partial charge in [0.15, 0.2) is 0 Å². The summed E-state index contributed by atoms with van der Waals surface area (Å²) < 4.78 is 28.0. The fourth-order valence-electron chi connectivity index (χ4n) is 3.01. The maximum atomic E-state index is 13.1. The van der Waals surface area contributed by atoms with Crippen molar-refractivity contribution in [1.82, 2.24) is 4.31 Å². The van der Waals surface area contributed by atoms with Crippen LogP contribution in [0.15, 0.2) is 23.1 Å². The number of rotatable bonds is 5. The normalized spacial score (nSPS) is 19.6. The maximum absolute atomic E-state index is 13.1. The van der Waals surface area contributed by atoms with E-state index in [-0.39, 0.29) is 23.9 Å². The molecule has 1 N–H and O–H groups in total. The van der Waals surface area contributed by atoms with Gasteiger partial charge in [0, 0.05) is 24.2 Å². The molecule has 6 heteroatoms. The Labute approximate surface area is 138 Å². The van der Waals surface area contributed by atoms with Gasteiger partial charge in [0.05, 0.1) is 4.90 Å². The van der Waals surface area contributed by atoms with E-state index < -0.39 is 10.0 Å². The summed E-state index contributed by atoms with van der Waals surface area (Å²) in [7, 11) is -3.51. The van der Waals surface area contributed by atoms with Crippen LogP contribution in [0.1, 0.15) is 45.6 Å². The summed E-state index contributed by atoms with van der Waals surface area (Å²) in [6.07, 6.45) is 2.88. The number of carbonyl (C=O) groups excluding carboxylic acids is 1. The summed E-state index contributed by atoms with van der Waals surface area (Å²) in [4.78, 5) is 11.8. The van der Waals surface area contributed by atoms with Crippen molar-refractivity contribution < 1.29 is 13.2 Å². The first-order valence-electron chi connectivity index (χ1n) is 8.27. The van der Waals surface area contributed by atoms with Gasteiger partial charge in [-0.15, -0.1) is 0 Å². The van der Waals surface area contributed by atoms with Crippen molar-refractivity contribution in [2.45, 2.75) is 63.4 Å². The minimum absolute atomic E-state index is 0.0128. The van der Waals surface area contributed by atoms with Gasteiger partial charge in [0.25, 0.3) is 0 Å². The lowest BCUT2D eigenvalue weighted by molar-refractivity contribution is -0.116. The average Bonchev–Trinajstić information content (AvgIpc) is 3.30. The van der Waals surface area contributed by atoms with Gasteiger partial charge in [-0.25, -0.2) is 8.42 Å². The fraction of sp³-hybridized carbons (Fsp3) is 0.588. The number of hydrogen-bond donors (Lipinski definition) is 1. The molecular weight excluding hydrogens is 312 g/mol. The first-order valence-corrected chi connectivity index (χ1v) is 9.71. The first-order chi connectivity index (χ1) is 10.8. The predicted molar refractivity (Wildman–Crippen MR) is 89.7 cm³/mol. The van der Waals surface area contributed by atoms with Crippen LogP contribution in [0.25, 0.3) is 0 Å². The Kier molecular flexibility index (Phi) is 4.23. The molecule has 1 aromatic carbocycles. The number of nitrogens with one attached hydrogen (secondary N) is 1. The van der Waals surface area contributed by atoms with Crippen molar-refractivity contribution in [2.24, 2.45) is 5.92 Å². The molecule has 0 spiro atoms. The number of fused-ring (bicyclic) bond motifs is 1. The molecule has 1 unspecified atom stereocenters. The lowest BCUT2D eigenvalue weighted by atomic mass is 10.0. The zero-order valence-corrected chi connectivity index (χ0v) is 14.7. The maximum Gasteiger partial charge on any atom is 0.243 e. The van der Waals surface area contributed by atoms with E-state index in [2.05, 4.69) is 19.2 Å². The van der Waals surface area contributed by atoms with Gasteiger partial charge in [0.2, 0.25) is 15.9 Å². The Morgan fingerprint density at radius 3 is 2.48 bits per heavy atom. The Morgan fingerprint density at radius 1 is 1.17 bits per heavy atom. The topological polar surface area (TPSA) is 66.5 Å². The molecule has 1 amide bonds. The molecule has 0 saturated heterocycles. The van der Waals surface area contributed by atoms with E-state index in [1.165, 1.54) is 0 Å². The SMILES string of the molecule is CC(C)C(C)N(C1CC1)S(=O)(=O)c1ccc2c(c1)CCC(=O)N2. The zero-order valence-electron chi connectivity index (χ0n) is 13.9. The lowest BCUT2D eigenvalue weighted by Gasteiger charge is -2.31. The van der Waals surface area contributed by atoms with E-state index in [0.29, 0.717) is 17.7 Å². The molecular formula is C17H24N2O3S. The summed E-state index contributed by atoms with van der Waals surface area (Å²) >= 11 is 0. The molecule has 1 aliphatic heterocycles. The van der Waals surface area contributed by atoms with Crippen molar-refractivity contribution in [3.8, 4) is 0 Å². The summed E-state index contributed by atoms with van der Waals surface area (Å²) in [5.74, 6) is 0.253. The van der Waals surface area contributed by atoms with Gasteiger partial charge in [-0.2, -0.15) is 4.31 Å². The molecule has 126 valence electrons. The third-order valence-electron chi connectivity index (χ3n) is 4.82. The number of hydrogen-bond acceptors (Lipinski definition) is 3. The number of amides is 1. The van der Waals surface area contributed by atoms with Gasteiger partial charge >= 0.3 is 0 Å². The number of carbonyl (C=O) groups is 1. The average molecular weight is 336 g/mol. The molecule has 1 saturated carbocycles. The van der Waals surface area contributed by atoms with Crippen LogP contribution in [0, 0.1) is 5.92 Å². The van der Waals surface area contributed by atoms with E-state index in [4.69, 9.17) is 0 Å². The predicted octanol–water partition coefficient (Wildman–Crippen LogP) is 2.77. The van der Waals surface area contributed by atoms with Gasteiger partial charge < -0.3 is 5.32 Å². The third-order valence-corrected chi connectivity index (χ3v) is 6.86. The van der Waals surface area contributed by atoms with E-state index in [1.807, 2.05) is 6.92 Å². The second kappa shape index (κ2) is 5.91. The van der Waals surface area contributed by atoms with Crippen LogP contribution >= 0.6 is 0 Å². The Balaban J connectivity index is 1.97.